The van der Waals surface area contributed by atoms with Crippen molar-refractivity contribution in [1.29, 1.82) is 0 Å². The van der Waals surface area contributed by atoms with E-state index in [-0.39, 0.29) is 19.3 Å². The highest BCUT2D eigenvalue weighted by Crippen LogP contribution is 1.93. The summed E-state index contributed by atoms with van der Waals surface area (Å²) in [5.74, 6) is 0. The van der Waals surface area contributed by atoms with Gasteiger partial charge in [-0.05, 0) is 6.42 Å². The molecule has 0 aromatic rings. The molecule has 0 aliphatic heterocycles. The Morgan fingerprint density at radius 2 is 2.00 bits per heavy atom. The predicted molar refractivity (Wildman–Crippen MR) is 45.4 cm³/mol. The molecule has 11 heavy (non-hydrogen) atoms. The van der Waals surface area contributed by atoms with Crippen LogP contribution in [0.1, 0.15) is 13.3 Å². The largest absolute Gasteiger partial charge is 0.395 e. The molecule has 0 unspecified atom stereocenters. The number of hydrogen-bond acceptors (Lipinski definition) is 3. The molecule has 0 aromatic carbocycles. The fourth-order valence-corrected chi connectivity index (χ4v) is 0.601. The van der Waals surface area contributed by atoms with Gasteiger partial charge in [0.15, 0.2) is 0 Å². The van der Waals surface area contributed by atoms with E-state index in [1.807, 2.05) is 6.92 Å². The third-order valence-corrected chi connectivity index (χ3v) is 1.58. The molecule has 3 nitrogen and oxygen atoms in total. The fourth-order valence-electron chi connectivity index (χ4n) is 0.601. The van der Waals surface area contributed by atoms with E-state index >= 15 is 0 Å². The number of aliphatic hydroxyl groups excluding tert-OH is 2. The number of nitrogens with one attached hydrogen (secondary N) is 1. The van der Waals surface area contributed by atoms with Gasteiger partial charge in [-0.15, -0.1) is 0 Å². The van der Waals surface area contributed by atoms with Crippen LogP contribution in [0.25, 0.3) is 0 Å². The van der Waals surface area contributed by atoms with Gasteiger partial charge in [-0.3, -0.25) is 0 Å². The second kappa shape index (κ2) is 6.34. The summed E-state index contributed by atoms with van der Waals surface area (Å²) in [6.45, 7) is 6.41. The summed E-state index contributed by atoms with van der Waals surface area (Å²) < 4.78 is 0. The quantitative estimate of drug-likeness (QED) is 0.474. The van der Waals surface area contributed by atoms with Crippen LogP contribution in [-0.2, 0) is 0 Å². The molecule has 66 valence electrons. The summed E-state index contributed by atoms with van der Waals surface area (Å²) in [6, 6.07) is -0.210. The van der Waals surface area contributed by atoms with Crippen molar-refractivity contribution < 1.29 is 10.2 Å². The Morgan fingerprint density at radius 1 is 1.45 bits per heavy atom. The molecule has 0 rings (SSSR count). The molecule has 3 N–H and O–H groups in total. The molecule has 0 saturated heterocycles. The molecule has 0 amide bonds. The first-order chi connectivity index (χ1) is 5.24. The van der Waals surface area contributed by atoms with Gasteiger partial charge in [-0.2, -0.15) is 0 Å². The number of hydrogen-bond donors (Lipinski definition) is 3. The Hall–Kier alpha value is -0.380. The van der Waals surface area contributed by atoms with Crippen LogP contribution in [0.5, 0.6) is 0 Å². The van der Waals surface area contributed by atoms with Crippen LogP contribution < -0.4 is 5.32 Å². The van der Waals surface area contributed by atoms with E-state index < -0.39 is 0 Å². The van der Waals surface area contributed by atoms with Crippen LogP contribution in [0.4, 0.5) is 0 Å². The first kappa shape index (κ1) is 10.6. The van der Waals surface area contributed by atoms with Crippen LogP contribution in [0.2, 0.25) is 0 Å². The van der Waals surface area contributed by atoms with Crippen LogP contribution in [-0.4, -0.2) is 36.0 Å². The third kappa shape index (κ3) is 4.95. The molecule has 0 heterocycles. The van der Waals surface area contributed by atoms with E-state index in [1.165, 1.54) is 0 Å². The first-order valence-corrected chi connectivity index (χ1v) is 3.86. The summed E-state index contributed by atoms with van der Waals surface area (Å²) in [5, 5.41) is 20.3. The first-order valence-electron chi connectivity index (χ1n) is 3.86. The molecule has 0 spiro atoms. The lowest BCUT2D eigenvalue weighted by molar-refractivity contribution is 0.173. The van der Waals surface area contributed by atoms with Gasteiger partial charge in [0.2, 0.25) is 0 Å². The van der Waals surface area contributed by atoms with Crippen molar-refractivity contribution in [2.24, 2.45) is 0 Å². The van der Waals surface area contributed by atoms with Crippen LogP contribution in [0, 0.1) is 0 Å². The van der Waals surface area contributed by atoms with Crippen LogP contribution in [0.3, 0.4) is 0 Å². The zero-order valence-electron chi connectivity index (χ0n) is 7.01. The minimum Gasteiger partial charge on any atom is -0.395 e. The Balaban J connectivity index is 3.42. The summed E-state index contributed by atoms with van der Waals surface area (Å²) >= 11 is 0. The van der Waals surface area contributed by atoms with E-state index in [2.05, 4.69) is 11.9 Å². The molecule has 0 radical (unpaired) electrons. The van der Waals surface area contributed by atoms with Crippen molar-refractivity contribution in [3.05, 3.63) is 12.2 Å². The van der Waals surface area contributed by atoms with Gasteiger partial charge in [-0.1, -0.05) is 19.1 Å². The van der Waals surface area contributed by atoms with Crippen molar-refractivity contribution in [1.82, 2.24) is 5.32 Å². The van der Waals surface area contributed by atoms with Crippen LogP contribution in [0.15, 0.2) is 12.2 Å². The van der Waals surface area contributed by atoms with Crippen molar-refractivity contribution in [3.8, 4) is 0 Å². The highest BCUT2D eigenvalue weighted by atomic mass is 16.3. The maximum Gasteiger partial charge on any atom is 0.0607 e. The summed E-state index contributed by atoms with van der Waals surface area (Å²) in [4.78, 5) is 0. The lowest BCUT2D eigenvalue weighted by Gasteiger charge is -2.13. The minimum atomic E-state index is -0.210. The van der Waals surface area contributed by atoms with Gasteiger partial charge in [0.25, 0.3) is 0 Å². The molecule has 0 aromatic heterocycles. The molecule has 0 aliphatic carbocycles. The van der Waals surface area contributed by atoms with E-state index in [9.17, 15) is 0 Å². The van der Waals surface area contributed by atoms with Crippen molar-refractivity contribution in [2.75, 3.05) is 19.8 Å². The molecular formula is C8H17NO2. The van der Waals surface area contributed by atoms with Crippen molar-refractivity contribution >= 4 is 0 Å². The monoisotopic (exact) mass is 159 g/mol. The predicted octanol–water partition coefficient (Wildman–Crippen LogP) is -0.105. The molecular weight excluding hydrogens is 142 g/mol. The topological polar surface area (TPSA) is 52.5 Å². The SMILES string of the molecule is C=C(CC)CNC(CO)CO. The van der Waals surface area contributed by atoms with Crippen LogP contribution >= 0.6 is 0 Å². The van der Waals surface area contributed by atoms with Crippen molar-refractivity contribution in [2.45, 2.75) is 19.4 Å². The summed E-state index contributed by atoms with van der Waals surface area (Å²) in [5.41, 5.74) is 1.08. The summed E-state index contributed by atoms with van der Waals surface area (Å²) in [7, 11) is 0. The average molecular weight is 159 g/mol. The number of rotatable bonds is 6. The van der Waals surface area contributed by atoms with Gasteiger partial charge in [0, 0.05) is 6.54 Å². The second-order valence-electron chi connectivity index (χ2n) is 2.55. The van der Waals surface area contributed by atoms with Gasteiger partial charge >= 0.3 is 0 Å². The van der Waals surface area contributed by atoms with E-state index in [0.29, 0.717) is 6.54 Å². The van der Waals surface area contributed by atoms with Gasteiger partial charge in [0.1, 0.15) is 0 Å². The Morgan fingerprint density at radius 3 is 2.36 bits per heavy atom. The molecule has 3 heteroatoms. The maximum absolute atomic E-state index is 8.66. The zero-order chi connectivity index (χ0) is 8.69. The standard InChI is InChI=1S/C8H17NO2/c1-3-7(2)4-9-8(5-10)6-11/h8-11H,2-6H2,1H3. The average Bonchev–Trinajstić information content (AvgIpc) is 2.06. The summed E-state index contributed by atoms with van der Waals surface area (Å²) in [6.07, 6.45) is 0.927. The third-order valence-electron chi connectivity index (χ3n) is 1.58. The molecule has 0 aliphatic rings. The zero-order valence-corrected chi connectivity index (χ0v) is 7.01. The molecule has 0 bridgehead atoms. The van der Waals surface area contributed by atoms with Gasteiger partial charge in [0.05, 0.1) is 19.3 Å². The Labute approximate surface area is 67.7 Å². The smallest absolute Gasteiger partial charge is 0.0607 e. The molecule has 0 atom stereocenters. The molecule has 0 saturated carbocycles. The lowest BCUT2D eigenvalue weighted by atomic mass is 10.2. The van der Waals surface area contributed by atoms with E-state index in [0.717, 1.165) is 12.0 Å². The molecule has 0 fully saturated rings. The Kier molecular flexibility index (Phi) is 6.12. The van der Waals surface area contributed by atoms with Crippen molar-refractivity contribution in [3.63, 3.8) is 0 Å². The minimum absolute atomic E-state index is 0.0342. The van der Waals surface area contributed by atoms with E-state index in [1.54, 1.807) is 0 Å². The number of aliphatic hydroxyl groups is 2. The highest BCUT2D eigenvalue weighted by Gasteiger charge is 2.03. The van der Waals surface area contributed by atoms with Gasteiger partial charge in [-0.25, -0.2) is 0 Å². The normalized spacial score (nSPS) is 10.5. The Bertz CT molecular complexity index is 111. The maximum atomic E-state index is 8.66. The second-order valence-corrected chi connectivity index (χ2v) is 2.55. The van der Waals surface area contributed by atoms with E-state index in [4.69, 9.17) is 10.2 Å². The lowest BCUT2D eigenvalue weighted by Crippen LogP contribution is -2.36. The fraction of sp³-hybridized carbons (Fsp3) is 0.750. The van der Waals surface area contributed by atoms with Gasteiger partial charge < -0.3 is 15.5 Å². The highest BCUT2D eigenvalue weighted by molar-refractivity contribution is 4.95.